The van der Waals surface area contributed by atoms with Crippen LogP contribution in [0.2, 0.25) is 0 Å². The largest absolute Gasteiger partial charge is 0.480 e. The van der Waals surface area contributed by atoms with Gasteiger partial charge in [-0.25, -0.2) is 4.79 Å². The number of carbonyl (C=O) groups is 6. The normalized spacial score (nSPS) is 14.8. The molecule has 5 unspecified atom stereocenters. The van der Waals surface area contributed by atoms with E-state index in [0.29, 0.717) is 12.0 Å². The van der Waals surface area contributed by atoms with Crippen LogP contribution < -0.4 is 33.2 Å². The number of hydrogen-bond acceptors (Lipinski definition) is 7. The standard InChI is InChI=1S/C26H37N7O7/c1-3-13(2)22(33-24(37)18(8-9-20(28)34)31-23(36)16(27)11-21(29)35)25(38)32-19(26(39)40)10-14-12-30-17-7-5-4-6-15(14)17/h4-7,12-13,16,18-19,22,30H,3,8-11,27H2,1-2H3,(H2,28,34)(H2,29,35)(H,31,36)(H,32,38)(H,33,37)(H,39,40). The first-order valence-electron chi connectivity index (χ1n) is 12.8. The number of rotatable bonds is 16. The van der Waals surface area contributed by atoms with E-state index in [1.54, 1.807) is 20.0 Å². The van der Waals surface area contributed by atoms with E-state index in [1.165, 1.54) is 0 Å². The number of nitrogens with two attached hydrogens (primary N) is 3. The number of fused-ring (bicyclic) bond motifs is 1. The highest BCUT2D eigenvalue weighted by Gasteiger charge is 2.33. The van der Waals surface area contributed by atoms with Crippen molar-refractivity contribution in [2.24, 2.45) is 23.1 Å². The van der Waals surface area contributed by atoms with Gasteiger partial charge in [0.25, 0.3) is 0 Å². The minimum absolute atomic E-state index is 0.0126. The zero-order chi connectivity index (χ0) is 30.0. The molecule has 1 aromatic carbocycles. The van der Waals surface area contributed by atoms with Gasteiger partial charge in [0, 0.05) is 29.9 Å². The van der Waals surface area contributed by atoms with Crippen molar-refractivity contribution in [3.8, 4) is 0 Å². The number of aliphatic carboxylic acids is 1. The molecule has 2 rings (SSSR count). The number of nitrogens with one attached hydrogen (secondary N) is 4. The molecule has 0 bridgehead atoms. The Morgan fingerprint density at radius 1 is 0.925 bits per heavy atom. The van der Waals surface area contributed by atoms with Crippen molar-refractivity contribution < 1.29 is 33.9 Å². The molecule has 11 N–H and O–H groups in total. The predicted octanol–water partition coefficient (Wildman–Crippen LogP) is -1.24. The van der Waals surface area contributed by atoms with Gasteiger partial charge < -0.3 is 43.2 Å². The third kappa shape index (κ3) is 9.08. The number of para-hydroxylation sites is 1. The van der Waals surface area contributed by atoms with Crippen LogP contribution in [0.3, 0.4) is 0 Å². The van der Waals surface area contributed by atoms with Gasteiger partial charge in [0.1, 0.15) is 18.1 Å². The monoisotopic (exact) mass is 559 g/mol. The summed E-state index contributed by atoms with van der Waals surface area (Å²) in [4.78, 5) is 76.5. The van der Waals surface area contributed by atoms with E-state index in [9.17, 15) is 33.9 Å². The number of primary amides is 2. The Labute approximate surface area is 230 Å². The first-order chi connectivity index (χ1) is 18.8. The van der Waals surface area contributed by atoms with Crippen LogP contribution in [0, 0.1) is 5.92 Å². The van der Waals surface area contributed by atoms with Crippen molar-refractivity contribution in [1.82, 2.24) is 20.9 Å². The molecule has 0 saturated carbocycles. The van der Waals surface area contributed by atoms with E-state index in [1.807, 2.05) is 24.3 Å². The third-order valence-electron chi connectivity index (χ3n) is 6.58. The summed E-state index contributed by atoms with van der Waals surface area (Å²) in [6, 6.07) is 2.20. The summed E-state index contributed by atoms with van der Waals surface area (Å²) in [6.07, 6.45) is 1.16. The van der Waals surface area contributed by atoms with Gasteiger partial charge in [-0.1, -0.05) is 38.5 Å². The van der Waals surface area contributed by atoms with Crippen LogP contribution in [0.25, 0.3) is 10.9 Å². The van der Waals surface area contributed by atoms with E-state index in [0.717, 1.165) is 10.9 Å². The maximum atomic E-state index is 13.3. The molecule has 40 heavy (non-hydrogen) atoms. The molecule has 0 spiro atoms. The minimum atomic E-state index is -1.34. The van der Waals surface area contributed by atoms with Crippen LogP contribution in [0.5, 0.6) is 0 Å². The summed E-state index contributed by atoms with van der Waals surface area (Å²) in [7, 11) is 0. The summed E-state index contributed by atoms with van der Waals surface area (Å²) in [5, 5.41) is 18.1. The van der Waals surface area contributed by atoms with Crippen LogP contribution in [0.15, 0.2) is 30.5 Å². The van der Waals surface area contributed by atoms with Crippen molar-refractivity contribution in [3.05, 3.63) is 36.0 Å². The van der Waals surface area contributed by atoms with Gasteiger partial charge in [-0.15, -0.1) is 0 Å². The molecule has 1 heterocycles. The lowest BCUT2D eigenvalue weighted by Gasteiger charge is -2.28. The molecule has 0 fully saturated rings. The molecule has 0 aliphatic carbocycles. The van der Waals surface area contributed by atoms with Gasteiger partial charge in [0.05, 0.1) is 12.5 Å². The Morgan fingerprint density at radius 2 is 1.57 bits per heavy atom. The van der Waals surface area contributed by atoms with E-state index in [2.05, 4.69) is 20.9 Å². The van der Waals surface area contributed by atoms with Gasteiger partial charge in [-0.05, 0) is 24.0 Å². The zero-order valence-electron chi connectivity index (χ0n) is 22.4. The van der Waals surface area contributed by atoms with Gasteiger partial charge in [0.15, 0.2) is 0 Å². The fraction of sp³-hybridized carbons (Fsp3) is 0.462. The number of aromatic nitrogens is 1. The quantitative estimate of drug-likeness (QED) is 0.123. The fourth-order valence-electron chi connectivity index (χ4n) is 4.08. The summed E-state index contributed by atoms with van der Waals surface area (Å²) in [6.45, 7) is 3.48. The number of hydrogen-bond donors (Lipinski definition) is 8. The highest BCUT2D eigenvalue weighted by molar-refractivity contribution is 5.95. The lowest BCUT2D eigenvalue weighted by Crippen LogP contribution is -2.59. The van der Waals surface area contributed by atoms with E-state index < -0.39 is 72.0 Å². The first-order valence-corrected chi connectivity index (χ1v) is 12.8. The number of carboxylic acid groups (broad SMARTS) is 1. The van der Waals surface area contributed by atoms with Gasteiger partial charge in [-0.2, -0.15) is 0 Å². The second-order valence-corrected chi connectivity index (χ2v) is 9.68. The van der Waals surface area contributed by atoms with Crippen LogP contribution in [-0.2, 0) is 35.2 Å². The molecule has 0 aliphatic rings. The SMILES string of the molecule is CCC(C)C(NC(=O)C(CCC(N)=O)NC(=O)C(N)CC(N)=O)C(=O)NC(Cc1c[nH]c2ccccc12)C(=O)O. The van der Waals surface area contributed by atoms with Crippen molar-refractivity contribution in [1.29, 1.82) is 0 Å². The Balaban J connectivity index is 2.21. The second kappa shape index (κ2) is 14.6. The Kier molecular flexibility index (Phi) is 11.6. The third-order valence-corrected chi connectivity index (χ3v) is 6.58. The van der Waals surface area contributed by atoms with E-state index in [4.69, 9.17) is 17.2 Å². The van der Waals surface area contributed by atoms with Crippen molar-refractivity contribution in [2.45, 2.75) is 70.1 Å². The molecule has 218 valence electrons. The lowest BCUT2D eigenvalue weighted by molar-refractivity contribution is -0.142. The maximum absolute atomic E-state index is 13.3. The van der Waals surface area contributed by atoms with E-state index in [-0.39, 0.29) is 19.3 Å². The zero-order valence-corrected chi connectivity index (χ0v) is 22.4. The number of H-pyrrole nitrogens is 1. The summed E-state index contributed by atoms with van der Waals surface area (Å²) >= 11 is 0. The molecule has 0 saturated heterocycles. The van der Waals surface area contributed by atoms with Crippen molar-refractivity contribution >= 4 is 46.4 Å². The fourth-order valence-corrected chi connectivity index (χ4v) is 4.08. The van der Waals surface area contributed by atoms with Crippen LogP contribution in [-0.4, -0.2) is 69.8 Å². The first kappa shape index (κ1) is 31.8. The predicted molar refractivity (Wildman–Crippen MR) is 145 cm³/mol. The van der Waals surface area contributed by atoms with Crippen LogP contribution in [0.1, 0.15) is 45.1 Å². The second-order valence-electron chi connectivity index (χ2n) is 9.68. The van der Waals surface area contributed by atoms with Crippen LogP contribution in [0.4, 0.5) is 0 Å². The number of carboxylic acids is 1. The summed E-state index contributed by atoms with van der Waals surface area (Å²) in [5.41, 5.74) is 17.4. The van der Waals surface area contributed by atoms with Crippen molar-refractivity contribution in [3.63, 3.8) is 0 Å². The molecule has 5 amide bonds. The minimum Gasteiger partial charge on any atom is -0.480 e. The molecular weight excluding hydrogens is 522 g/mol. The Hall–Kier alpha value is -4.46. The average Bonchev–Trinajstić information content (AvgIpc) is 3.30. The molecule has 0 radical (unpaired) electrons. The molecule has 14 nitrogen and oxygen atoms in total. The molecule has 14 heteroatoms. The molecule has 1 aromatic heterocycles. The number of amides is 5. The van der Waals surface area contributed by atoms with Gasteiger partial charge in [-0.3, -0.25) is 24.0 Å². The Morgan fingerprint density at radius 3 is 2.17 bits per heavy atom. The maximum Gasteiger partial charge on any atom is 0.326 e. The summed E-state index contributed by atoms with van der Waals surface area (Å²) < 4.78 is 0. The van der Waals surface area contributed by atoms with Gasteiger partial charge >= 0.3 is 5.97 Å². The smallest absolute Gasteiger partial charge is 0.326 e. The van der Waals surface area contributed by atoms with Gasteiger partial charge in [0.2, 0.25) is 29.5 Å². The topological polar surface area (TPSA) is 253 Å². The Bertz CT molecular complexity index is 1240. The van der Waals surface area contributed by atoms with Crippen molar-refractivity contribution in [2.75, 3.05) is 0 Å². The van der Waals surface area contributed by atoms with Crippen LogP contribution >= 0.6 is 0 Å². The van der Waals surface area contributed by atoms with E-state index >= 15 is 0 Å². The highest BCUT2D eigenvalue weighted by atomic mass is 16.4. The number of aromatic amines is 1. The molecule has 0 aliphatic heterocycles. The number of carbonyl (C=O) groups excluding carboxylic acids is 5. The number of benzene rings is 1. The average molecular weight is 560 g/mol. The molecular formula is C26H37N7O7. The molecule has 5 atom stereocenters. The lowest BCUT2D eigenvalue weighted by atomic mass is 9.96. The summed E-state index contributed by atoms with van der Waals surface area (Å²) in [5.74, 6) is -5.66. The highest BCUT2D eigenvalue weighted by Crippen LogP contribution is 2.19. The molecule has 2 aromatic rings.